The first kappa shape index (κ1) is 99.8. The first-order valence-electron chi connectivity index (χ1n) is 52.8. The number of rotatable bonds is 7. The van der Waals surface area contributed by atoms with E-state index in [1.807, 2.05) is 152 Å². The van der Waals surface area contributed by atoms with Gasteiger partial charge in [0, 0.05) is 183 Å². The summed E-state index contributed by atoms with van der Waals surface area (Å²) in [5.41, 5.74) is 30.3. The Morgan fingerprint density at radius 3 is 1.24 bits per heavy atom. The fourth-order valence-electron chi connectivity index (χ4n) is 20.5. The molecular formula is C129H122Ir5N11O2-7. The summed E-state index contributed by atoms with van der Waals surface area (Å²) in [4.78, 5) is 44.7. The van der Waals surface area contributed by atoms with Crippen molar-refractivity contribution < 1.29 is 122 Å². The monoisotopic (exact) mass is 2830 g/mol. The normalized spacial score (nSPS) is 15.9. The molecule has 13 nitrogen and oxygen atoms in total. The van der Waals surface area contributed by atoms with E-state index in [1.165, 1.54) is 68.4 Å². The molecule has 0 N–H and O–H groups in total. The molecule has 21 aromatic rings. The van der Waals surface area contributed by atoms with Crippen LogP contribution in [0, 0.1) is 80.8 Å². The zero-order valence-electron chi connectivity index (χ0n) is 95.1. The molecule has 3 aliphatic rings. The Labute approximate surface area is 946 Å². The van der Waals surface area contributed by atoms with E-state index < -0.39 is 20.6 Å². The van der Waals surface area contributed by atoms with Crippen molar-refractivity contribution in [2.45, 2.75) is 203 Å². The fourth-order valence-corrected chi connectivity index (χ4v) is 20.5. The molecule has 18 heteroatoms. The Morgan fingerprint density at radius 1 is 0.347 bits per heavy atom. The summed E-state index contributed by atoms with van der Waals surface area (Å²) in [5.74, 6) is 1.05. The van der Waals surface area contributed by atoms with E-state index >= 15 is 0 Å². The molecule has 757 valence electrons. The van der Waals surface area contributed by atoms with Gasteiger partial charge < -0.3 is 43.1 Å². The third-order valence-electron chi connectivity index (χ3n) is 30.4. The Hall–Kier alpha value is -11.8. The molecule has 0 atom stereocenters. The minimum absolute atomic E-state index is 0. The molecule has 0 amide bonds. The predicted octanol–water partition coefficient (Wildman–Crippen LogP) is 32.1. The number of aryl methyl sites for hydroxylation is 4. The van der Waals surface area contributed by atoms with Crippen LogP contribution in [-0.4, -0.2) is 54.2 Å². The fraction of sp³-hybridized carbons (Fsp3) is 0.256. The zero-order valence-corrected chi connectivity index (χ0v) is 98.0. The third-order valence-corrected chi connectivity index (χ3v) is 30.4. The van der Waals surface area contributed by atoms with Gasteiger partial charge in [0.15, 0.2) is 0 Å². The van der Waals surface area contributed by atoms with Gasteiger partial charge in [0.05, 0.1) is 27.8 Å². The van der Waals surface area contributed by atoms with Gasteiger partial charge in [0.2, 0.25) is 11.4 Å². The molecule has 0 fully saturated rings. The predicted molar refractivity (Wildman–Crippen MR) is 581 cm³/mol. The standard InChI is InChI=1S/C27H30N.C25H28N3.C20H24N.2C17H11N2O.C12H10N.C11H8N.5Ir/c1-18-15-24(28-17-21(18)19-11-9-8-10-12-19)20-13-14-22-23(16-20)26(4,5)27(6,7)25(22,2)3;1-23(2,3)22-27-18-11-9-8-10-15(18)21-26-19-12-16-17(13-20(19)28(21)22)25(6,7)14-24(16,4)5;1-18(2)15-11-10-14(17-9-7-8-12-21-17)13-16(15)19(3,4)20(18,5)6;2*1-11-8-9-13-12-5-4-6-14(15-7-2-3-10-18-15)16(12)20-17(13)19-11;1-10-7-8-12(13-9-10)11-5-3-2-4-6-11;1-2-6-10(7-3-1)11-8-4-5-9-12-11;;;;;/h8-12,14-17H,1-7H3;8-9,11-13H,14H2,1-7H3;7-9,11-13H,1-6H3;2*2-5,7-10H,1H3;2-5,7-9H,1H3;1-6,8-9H;;;;;/q7*-1;;;;;/i;;;3*1D3;;;;;;. The topological polar surface area (TPSA) is 160 Å². The molecule has 3 aliphatic carbocycles. The van der Waals surface area contributed by atoms with E-state index in [0.29, 0.717) is 22.6 Å². The molecule has 5 radical (unpaired) electrons. The van der Waals surface area contributed by atoms with E-state index in [0.717, 1.165) is 129 Å². The molecule has 0 unspecified atom stereocenters. The summed E-state index contributed by atoms with van der Waals surface area (Å²) < 4.78 is 80.5. The van der Waals surface area contributed by atoms with Crippen molar-refractivity contribution in [1.29, 1.82) is 0 Å². The van der Waals surface area contributed by atoms with Gasteiger partial charge in [0.1, 0.15) is 5.82 Å². The van der Waals surface area contributed by atoms with Gasteiger partial charge >= 0.3 is 0 Å². The number of benzene rings is 9. The largest absolute Gasteiger partial charge is 0.486 e. The second kappa shape index (κ2) is 44.9. The maximum Gasteiger partial charge on any atom is 0.216 e. The first-order valence-corrected chi connectivity index (χ1v) is 48.3. The summed E-state index contributed by atoms with van der Waals surface area (Å²) in [6.45, 7) is 40.1. The van der Waals surface area contributed by atoms with Crippen molar-refractivity contribution in [3.63, 3.8) is 0 Å². The quantitative estimate of drug-likeness (QED) is 0.139. The van der Waals surface area contributed by atoms with Gasteiger partial charge in [0.25, 0.3) is 0 Å². The minimum Gasteiger partial charge on any atom is -0.486 e. The number of pyridine rings is 8. The molecule has 12 aromatic heterocycles. The Morgan fingerprint density at radius 2 is 0.796 bits per heavy atom. The summed E-state index contributed by atoms with van der Waals surface area (Å²) >= 11 is 0. The number of nitrogens with zero attached hydrogens (tertiary/aromatic N) is 11. The number of fused-ring (bicyclic) bond motifs is 14. The number of furan rings is 2. The zero-order chi connectivity index (χ0) is 108. The van der Waals surface area contributed by atoms with E-state index in [-0.39, 0.29) is 166 Å². The van der Waals surface area contributed by atoms with Crippen molar-refractivity contribution in [2.24, 2.45) is 10.8 Å². The SMILES string of the molecule is CC(C)(C)c1nc2ccc[c-]c2c2nc3cc4c(cc3n12)C(C)(C)CC4(C)C.CC1(C)c2c[c-]c(-c3ccccn3)cc2C(C)(C)C1(C)C.Cc1cc(-c2[c-]cc3c(c2)C(C)(C)C(C)(C)C3(C)C)ncc1-c1ccccc1.[2H]C([2H])([2H])c1ccc(-c2[c-]cccc2)nc1.[2H]C([2H])([2H])c1ccc2c(n1)oc1c(-c3ccccn3)[c-]ccc12.[2H]C([2H])([2H])c1ccc2c(n1)oc1c(-c3ccccn3)[c-]ccc12.[Ir].[Ir].[Ir].[Ir].[Ir].[c-]1ccccc1-c1ccccn1. The first-order chi connectivity index (χ1) is 71.4. The van der Waals surface area contributed by atoms with E-state index in [4.69, 9.17) is 36.1 Å². The van der Waals surface area contributed by atoms with Crippen LogP contribution in [0.3, 0.4) is 0 Å². The van der Waals surface area contributed by atoms with Crippen LogP contribution in [0.1, 0.15) is 212 Å². The number of hydrogen-bond acceptors (Lipinski definition) is 12. The van der Waals surface area contributed by atoms with Crippen molar-refractivity contribution in [2.75, 3.05) is 0 Å². The average molecular weight is 2830 g/mol. The number of aromatic nitrogens is 11. The number of hydrogen-bond donors (Lipinski definition) is 0. The van der Waals surface area contributed by atoms with Gasteiger partial charge in [-0.05, 0) is 205 Å². The molecule has 0 aliphatic heterocycles. The van der Waals surface area contributed by atoms with Crippen molar-refractivity contribution in [3.05, 3.63) is 414 Å². The summed E-state index contributed by atoms with van der Waals surface area (Å²) in [7, 11) is 0. The van der Waals surface area contributed by atoms with Gasteiger partial charge in [-0.3, -0.25) is 9.97 Å². The van der Waals surface area contributed by atoms with Crippen LogP contribution in [0.4, 0.5) is 0 Å². The van der Waals surface area contributed by atoms with Crippen LogP contribution in [0.15, 0.2) is 319 Å². The second-order valence-electron chi connectivity index (χ2n) is 42.4. The minimum atomic E-state index is -2.26. The molecule has 24 rings (SSSR count). The van der Waals surface area contributed by atoms with Crippen molar-refractivity contribution >= 4 is 71.7 Å². The molecule has 0 spiro atoms. The van der Waals surface area contributed by atoms with Gasteiger partial charge in [-0.15, -0.1) is 202 Å². The molecular weight excluding hydrogens is 2700 g/mol. The second-order valence-corrected chi connectivity index (χ2v) is 42.4. The average Bonchev–Trinajstić information content (AvgIpc) is 1.53. The van der Waals surface area contributed by atoms with Crippen molar-refractivity contribution in [3.8, 4) is 78.7 Å². The Balaban J connectivity index is 0.000000152. The van der Waals surface area contributed by atoms with E-state index in [2.05, 4.69) is 299 Å². The third kappa shape index (κ3) is 22.0. The molecule has 0 saturated heterocycles. The van der Waals surface area contributed by atoms with Gasteiger partial charge in [-0.25, -0.2) is 9.97 Å². The molecule has 12 heterocycles. The smallest absolute Gasteiger partial charge is 0.216 e. The summed E-state index contributed by atoms with van der Waals surface area (Å²) in [5, 5.41) is 4.27. The summed E-state index contributed by atoms with van der Waals surface area (Å²) in [6, 6.07) is 111. The maximum atomic E-state index is 7.47. The van der Waals surface area contributed by atoms with Crippen LogP contribution < -0.4 is 0 Å². The van der Waals surface area contributed by atoms with Crippen LogP contribution >= 0.6 is 0 Å². The molecule has 0 saturated carbocycles. The van der Waals surface area contributed by atoms with Gasteiger partial charge in [-0.2, -0.15) is 0 Å². The molecule has 0 bridgehead atoms. The molecule has 147 heavy (non-hydrogen) atoms. The summed E-state index contributed by atoms with van der Waals surface area (Å²) in [6.07, 6.45) is 11.6. The Bertz CT molecular complexity index is 8380. The Kier molecular flexibility index (Phi) is 30.5. The van der Waals surface area contributed by atoms with Crippen LogP contribution in [0.25, 0.3) is 150 Å². The van der Waals surface area contributed by atoms with Crippen LogP contribution in [0.5, 0.6) is 0 Å². The van der Waals surface area contributed by atoms with Crippen LogP contribution in [0.2, 0.25) is 0 Å². The maximum absolute atomic E-state index is 7.47. The van der Waals surface area contributed by atoms with Crippen molar-refractivity contribution in [1.82, 2.24) is 54.2 Å². The van der Waals surface area contributed by atoms with Crippen LogP contribution in [-0.2, 0) is 138 Å². The van der Waals surface area contributed by atoms with E-state index in [1.54, 1.807) is 61.1 Å². The van der Waals surface area contributed by atoms with E-state index in [9.17, 15) is 0 Å². The molecule has 9 aromatic carbocycles. The number of imidazole rings is 1. The van der Waals surface area contributed by atoms with Gasteiger partial charge in [-0.1, -0.05) is 256 Å².